The highest BCUT2D eigenvalue weighted by Gasteiger charge is 2.36. The van der Waals surface area contributed by atoms with Gasteiger partial charge < -0.3 is 15.2 Å². The molecule has 1 aromatic carbocycles. The van der Waals surface area contributed by atoms with Crippen LogP contribution in [0.1, 0.15) is 33.6 Å². The fourth-order valence-corrected chi connectivity index (χ4v) is 3.63. The Bertz CT molecular complexity index is 635. The van der Waals surface area contributed by atoms with Gasteiger partial charge in [-0.3, -0.25) is 9.69 Å². The highest BCUT2D eigenvalue weighted by Crippen LogP contribution is 2.35. The van der Waals surface area contributed by atoms with Crippen LogP contribution in [-0.2, 0) is 9.53 Å². The molecule has 2 amide bonds. The standard InChI is InChI=1S/C16H20Br2N2O4/c1-16(2,3)24-15(23)20-6-4-5-12(20)14(22)19-9-7-10(17)13(21)11(18)8-9/h7-8,12,21H,4-6H2,1-3H3,(H,19,22)/t12-/m0/s1. The predicted octanol–water partition coefficient (Wildman–Crippen LogP) is 4.26. The number of hydrogen-bond donors (Lipinski definition) is 2. The van der Waals surface area contributed by atoms with E-state index in [1.165, 1.54) is 4.90 Å². The number of likely N-dealkylation sites (tertiary alicyclic amines) is 1. The number of carbonyl (C=O) groups excluding carboxylic acids is 2. The molecule has 6 nitrogen and oxygen atoms in total. The zero-order chi connectivity index (χ0) is 18.1. The molecule has 132 valence electrons. The molecule has 1 aliphatic rings. The van der Waals surface area contributed by atoms with Crippen LogP contribution in [0.5, 0.6) is 5.75 Å². The van der Waals surface area contributed by atoms with E-state index >= 15 is 0 Å². The van der Waals surface area contributed by atoms with E-state index < -0.39 is 17.7 Å². The molecule has 1 fully saturated rings. The van der Waals surface area contributed by atoms with Gasteiger partial charge in [-0.15, -0.1) is 0 Å². The summed E-state index contributed by atoms with van der Waals surface area (Å²) in [6, 6.07) is 2.64. The van der Waals surface area contributed by atoms with E-state index in [2.05, 4.69) is 37.2 Å². The first-order chi connectivity index (χ1) is 11.1. The zero-order valence-corrected chi connectivity index (χ0v) is 16.9. The molecule has 0 radical (unpaired) electrons. The van der Waals surface area contributed by atoms with Crippen molar-refractivity contribution in [3.05, 3.63) is 21.1 Å². The molecule has 1 aromatic rings. The van der Waals surface area contributed by atoms with E-state index in [1.807, 2.05) is 0 Å². The number of rotatable bonds is 2. The molecule has 8 heteroatoms. The lowest BCUT2D eigenvalue weighted by atomic mass is 10.2. The van der Waals surface area contributed by atoms with Gasteiger partial charge in [-0.25, -0.2) is 4.79 Å². The minimum atomic E-state index is -0.604. The molecule has 0 aliphatic carbocycles. The average molecular weight is 464 g/mol. The second-order valence-corrected chi connectivity index (χ2v) is 8.32. The van der Waals surface area contributed by atoms with Crippen LogP contribution in [-0.4, -0.2) is 40.2 Å². The van der Waals surface area contributed by atoms with Crippen molar-refractivity contribution in [1.29, 1.82) is 0 Å². The van der Waals surface area contributed by atoms with Crippen molar-refractivity contribution in [2.45, 2.75) is 45.3 Å². The molecule has 0 bridgehead atoms. The number of phenols is 1. The summed E-state index contributed by atoms with van der Waals surface area (Å²) in [7, 11) is 0. The summed E-state index contributed by atoms with van der Waals surface area (Å²) >= 11 is 6.45. The van der Waals surface area contributed by atoms with Crippen LogP contribution in [0.4, 0.5) is 10.5 Å². The van der Waals surface area contributed by atoms with Gasteiger partial charge in [0.25, 0.3) is 0 Å². The Morgan fingerprint density at radius 2 is 1.88 bits per heavy atom. The lowest BCUT2D eigenvalue weighted by Gasteiger charge is -2.28. The first kappa shape index (κ1) is 19.1. The Morgan fingerprint density at radius 1 is 1.29 bits per heavy atom. The van der Waals surface area contributed by atoms with Gasteiger partial charge >= 0.3 is 6.09 Å². The van der Waals surface area contributed by atoms with Crippen LogP contribution in [0.2, 0.25) is 0 Å². The second-order valence-electron chi connectivity index (χ2n) is 6.61. The van der Waals surface area contributed by atoms with Gasteiger partial charge in [-0.2, -0.15) is 0 Å². The molecule has 24 heavy (non-hydrogen) atoms. The molecular formula is C16H20Br2N2O4. The topological polar surface area (TPSA) is 78.9 Å². The summed E-state index contributed by atoms with van der Waals surface area (Å²) in [5.74, 6) is -0.216. The predicted molar refractivity (Wildman–Crippen MR) is 98.1 cm³/mol. The van der Waals surface area contributed by atoms with Crippen LogP contribution in [0.3, 0.4) is 0 Å². The minimum Gasteiger partial charge on any atom is -0.506 e. The third-order valence-corrected chi connectivity index (χ3v) is 4.68. The van der Waals surface area contributed by atoms with E-state index in [-0.39, 0.29) is 11.7 Å². The number of anilines is 1. The molecule has 1 heterocycles. The summed E-state index contributed by atoms with van der Waals surface area (Å²) in [5.41, 5.74) is -0.0829. The number of hydrogen-bond acceptors (Lipinski definition) is 4. The molecule has 0 aromatic heterocycles. The van der Waals surface area contributed by atoms with Crippen molar-refractivity contribution in [2.24, 2.45) is 0 Å². The van der Waals surface area contributed by atoms with Gasteiger partial charge in [0.2, 0.25) is 5.91 Å². The van der Waals surface area contributed by atoms with E-state index in [0.717, 1.165) is 6.42 Å². The maximum atomic E-state index is 12.5. The van der Waals surface area contributed by atoms with Crippen molar-refractivity contribution >= 4 is 49.5 Å². The number of phenolic OH excluding ortho intramolecular Hbond substituents is 1. The summed E-state index contributed by atoms with van der Waals surface area (Å²) in [4.78, 5) is 26.3. The molecular weight excluding hydrogens is 444 g/mol. The smallest absolute Gasteiger partial charge is 0.410 e. The minimum absolute atomic E-state index is 0.0595. The number of aromatic hydroxyl groups is 1. The lowest BCUT2D eigenvalue weighted by molar-refractivity contribution is -0.120. The Balaban J connectivity index is 2.10. The van der Waals surface area contributed by atoms with Gasteiger partial charge in [0.05, 0.1) is 8.95 Å². The van der Waals surface area contributed by atoms with Crippen molar-refractivity contribution in [3.63, 3.8) is 0 Å². The van der Waals surface area contributed by atoms with Gasteiger partial charge in [0, 0.05) is 12.2 Å². The highest BCUT2D eigenvalue weighted by molar-refractivity contribution is 9.11. The van der Waals surface area contributed by atoms with E-state index in [9.17, 15) is 14.7 Å². The Morgan fingerprint density at radius 3 is 2.42 bits per heavy atom. The number of benzene rings is 1. The third-order valence-electron chi connectivity index (χ3n) is 3.47. The molecule has 2 N–H and O–H groups in total. The maximum Gasteiger partial charge on any atom is 0.410 e. The Kier molecular flexibility index (Phi) is 5.80. The summed E-state index contributed by atoms with van der Waals surface area (Å²) in [6.07, 6.45) is 0.861. The van der Waals surface area contributed by atoms with E-state index in [1.54, 1.807) is 32.9 Å². The molecule has 2 rings (SSSR count). The van der Waals surface area contributed by atoms with Crippen molar-refractivity contribution < 1.29 is 19.4 Å². The van der Waals surface area contributed by atoms with Crippen molar-refractivity contribution in [3.8, 4) is 5.75 Å². The van der Waals surface area contributed by atoms with Crippen LogP contribution >= 0.6 is 31.9 Å². The van der Waals surface area contributed by atoms with Crippen LogP contribution in [0.15, 0.2) is 21.1 Å². The first-order valence-electron chi connectivity index (χ1n) is 7.57. The van der Waals surface area contributed by atoms with E-state index in [0.29, 0.717) is 27.6 Å². The number of nitrogens with one attached hydrogen (secondary N) is 1. The Labute approximate surface area is 157 Å². The number of halogens is 2. The summed E-state index contributed by atoms with van der Waals surface area (Å²) < 4.78 is 6.29. The number of ether oxygens (including phenoxy) is 1. The van der Waals surface area contributed by atoms with Gasteiger partial charge in [0.15, 0.2) is 0 Å². The van der Waals surface area contributed by atoms with E-state index in [4.69, 9.17) is 4.74 Å². The van der Waals surface area contributed by atoms with Gasteiger partial charge in [-0.1, -0.05) is 0 Å². The van der Waals surface area contributed by atoms with Crippen molar-refractivity contribution in [2.75, 3.05) is 11.9 Å². The number of nitrogens with zero attached hydrogens (tertiary/aromatic N) is 1. The highest BCUT2D eigenvalue weighted by atomic mass is 79.9. The molecule has 0 unspecified atom stereocenters. The van der Waals surface area contributed by atoms with Gasteiger partial charge in [0.1, 0.15) is 17.4 Å². The second kappa shape index (κ2) is 7.31. The first-order valence-corrected chi connectivity index (χ1v) is 9.15. The van der Waals surface area contributed by atoms with Crippen LogP contribution in [0.25, 0.3) is 0 Å². The molecule has 1 aliphatic heterocycles. The summed E-state index contributed by atoms with van der Waals surface area (Å²) in [6.45, 7) is 5.88. The molecule has 1 atom stereocenters. The Hall–Kier alpha value is -1.28. The van der Waals surface area contributed by atoms with Crippen LogP contribution in [0, 0.1) is 0 Å². The normalized spacial score (nSPS) is 17.7. The largest absolute Gasteiger partial charge is 0.506 e. The summed E-state index contributed by atoms with van der Waals surface area (Å²) in [5, 5.41) is 12.5. The fourth-order valence-electron chi connectivity index (χ4n) is 2.44. The monoisotopic (exact) mass is 462 g/mol. The molecule has 0 spiro atoms. The third kappa shape index (κ3) is 4.63. The SMILES string of the molecule is CC(C)(C)OC(=O)N1CCC[C@H]1C(=O)Nc1cc(Br)c(O)c(Br)c1. The average Bonchev–Trinajstić information content (AvgIpc) is 2.92. The lowest BCUT2D eigenvalue weighted by Crippen LogP contribution is -2.45. The fraction of sp³-hybridized carbons (Fsp3) is 0.500. The number of amides is 2. The number of carbonyl (C=O) groups is 2. The zero-order valence-electron chi connectivity index (χ0n) is 13.7. The van der Waals surface area contributed by atoms with Crippen LogP contribution < -0.4 is 5.32 Å². The van der Waals surface area contributed by atoms with Crippen molar-refractivity contribution in [1.82, 2.24) is 4.90 Å². The quantitative estimate of drug-likeness (QED) is 0.642. The molecule has 0 saturated carbocycles. The van der Waals surface area contributed by atoms with Gasteiger partial charge in [-0.05, 0) is 77.6 Å². The maximum absolute atomic E-state index is 12.5. The molecule has 1 saturated heterocycles.